The maximum absolute atomic E-state index is 4.67. The highest BCUT2D eigenvalue weighted by Crippen LogP contribution is 2.30. The highest BCUT2D eigenvalue weighted by Gasteiger charge is 2.14. The van der Waals surface area contributed by atoms with Crippen molar-refractivity contribution < 1.29 is 0 Å². The summed E-state index contributed by atoms with van der Waals surface area (Å²) < 4.78 is 2.10. The summed E-state index contributed by atoms with van der Waals surface area (Å²) in [5.74, 6) is 0. The van der Waals surface area contributed by atoms with E-state index in [1.165, 1.54) is 27.9 Å². The van der Waals surface area contributed by atoms with Gasteiger partial charge in [0.05, 0.1) is 12.2 Å². The van der Waals surface area contributed by atoms with Crippen molar-refractivity contribution in [3.8, 4) is 11.1 Å². The third-order valence-electron chi connectivity index (χ3n) is 3.62. The molecule has 0 amide bonds. The van der Waals surface area contributed by atoms with Crippen LogP contribution in [0.1, 0.15) is 22.5 Å². The van der Waals surface area contributed by atoms with Gasteiger partial charge in [0.25, 0.3) is 0 Å². The van der Waals surface area contributed by atoms with Gasteiger partial charge in [0, 0.05) is 17.8 Å². The normalized spacial score (nSPS) is 11.0. The maximum Gasteiger partial charge on any atom is 0.0675 e. The van der Waals surface area contributed by atoms with Crippen molar-refractivity contribution in [3.63, 3.8) is 0 Å². The Bertz CT molecular complexity index is 582. The summed E-state index contributed by atoms with van der Waals surface area (Å²) in [5, 5.41) is 7.84. The predicted molar refractivity (Wildman–Crippen MR) is 80.5 cm³/mol. The number of hydrogen-bond donors (Lipinski definition) is 1. The van der Waals surface area contributed by atoms with Crippen molar-refractivity contribution in [2.45, 2.75) is 34.2 Å². The van der Waals surface area contributed by atoms with Gasteiger partial charge in [0.2, 0.25) is 0 Å². The molecular weight excluding hydrogens is 234 g/mol. The molecule has 0 aliphatic rings. The van der Waals surface area contributed by atoms with Crippen LogP contribution in [0.3, 0.4) is 0 Å². The molecule has 1 N–H and O–H groups in total. The fourth-order valence-electron chi connectivity index (χ4n) is 2.53. The molecule has 1 aromatic heterocycles. The number of rotatable bonds is 4. The van der Waals surface area contributed by atoms with Crippen LogP contribution in [0.5, 0.6) is 0 Å². The molecule has 0 radical (unpaired) electrons. The predicted octanol–water partition coefficient (Wildman–Crippen LogP) is 3.00. The van der Waals surface area contributed by atoms with Crippen LogP contribution >= 0.6 is 0 Å². The van der Waals surface area contributed by atoms with Crippen molar-refractivity contribution in [2.24, 2.45) is 0 Å². The lowest BCUT2D eigenvalue weighted by molar-refractivity contribution is 0.569. The fraction of sp³-hybridized carbons (Fsp3) is 0.438. The molecule has 2 rings (SSSR count). The molecule has 1 aromatic carbocycles. The second-order valence-electron chi connectivity index (χ2n) is 5.19. The van der Waals surface area contributed by atoms with E-state index in [9.17, 15) is 0 Å². The summed E-state index contributed by atoms with van der Waals surface area (Å²) in [6, 6.07) is 6.61. The van der Waals surface area contributed by atoms with Gasteiger partial charge in [0.1, 0.15) is 0 Å². The standard InChI is InChI=1S/C16H23N3/c1-11-6-7-12(2)15(10-11)16-13(3)18-19(14(16)4)9-8-17-5/h6-7,10,17H,8-9H2,1-5H3. The molecule has 0 spiro atoms. The van der Waals surface area contributed by atoms with Gasteiger partial charge < -0.3 is 5.32 Å². The largest absolute Gasteiger partial charge is 0.318 e. The summed E-state index contributed by atoms with van der Waals surface area (Å²) in [4.78, 5) is 0. The molecule has 19 heavy (non-hydrogen) atoms. The van der Waals surface area contributed by atoms with E-state index in [4.69, 9.17) is 0 Å². The zero-order valence-corrected chi connectivity index (χ0v) is 12.5. The summed E-state index contributed by atoms with van der Waals surface area (Å²) in [6.07, 6.45) is 0. The van der Waals surface area contributed by atoms with Gasteiger partial charge in [-0.15, -0.1) is 0 Å². The molecule has 0 fully saturated rings. The summed E-state index contributed by atoms with van der Waals surface area (Å²) >= 11 is 0. The lowest BCUT2D eigenvalue weighted by atomic mass is 9.97. The summed E-state index contributed by atoms with van der Waals surface area (Å²) in [5.41, 5.74) is 7.57. The Morgan fingerprint density at radius 2 is 1.89 bits per heavy atom. The van der Waals surface area contributed by atoms with Crippen molar-refractivity contribution in [3.05, 3.63) is 40.7 Å². The second kappa shape index (κ2) is 5.57. The molecule has 0 atom stereocenters. The molecule has 0 aliphatic carbocycles. The van der Waals surface area contributed by atoms with E-state index in [0.717, 1.165) is 18.8 Å². The number of nitrogens with zero attached hydrogens (tertiary/aromatic N) is 2. The third-order valence-corrected chi connectivity index (χ3v) is 3.62. The van der Waals surface area contributed by atoms with Crippen molar-refractivity contribution >= 4 is 0 Å². The molecule has 0 bridgehead atoms. The fourth-order valence-corrected chi connectivity index (χ4v) is 2.53. The van der Waals surface area contributed by atoms with Crippen molar-refractivity contribution in [2.75, 3.05) is 13.6 Å². The Balaban J connectivity index is 2.50. The molecule has 1 heterocycles. The molecule has 0 saturated heterocycles. The Kier molecular flexibility index (Phi) is 4.05. The first-order valence-electron chi connectivity index (χ1n) is 6.81. The number of hydrogen-bond acceptors (Lipinski definition) is 2. The van der Waals surface area contributed by atoms with E-state index >= 15 is 0 Å². The van der Waals surface area contributed by atoms with Crippen LogP contribution in [-0.2, 0) is 6.54 Å². The van der Waals surface area contributed by atoms with Crippen LogP contribution in [0, 0.1) is 27.7 Å². The summed E-state index contributed by atoms with van der Waals surface area (Å²) in [6.45, 7) is 10.4. The number of aryl methyl sites for hydroxylation is 3. The molecule has 102 valence electrons. The first-order valence-corrected chi connectivity index (χ1v) is 6.81. The third kappa shape index (κ3) is 2.71. The lowest BCUT2D eigenvalue weighted by Crippen LogP contribution is -2.16. The Hall–Kier alpha value is -1.61. The highest BCUT2D eigenvalue weighted by atomic mass is 15.3. The molecule has 3 nitrogen and oxygen atoms in total. The van der Waals surface area contributed by atoms with Crippen LogP contribution in [0.25, 0.3) is 11.1 Å². The topological polar surface area (TPSA) is 29.9 Å². The smallest absolute Gasteiger partial charge is 0.0675 e. The van der Waals surface area contributed by atoms with E-state index in [-0.39, 0.29) is 0 Å². The zero-order valence-electron chi connectivity index (χ0n) is 12.5. The van der Waals surface area contributed by atoms with Crippen molar-refractivity contribution in [1.82, 2.24) is 15.1 Å². The van der Waals surface area contributed by atoms with E-state index in [1.54, 1.807) is 0 Å². The van der Waals surface area contributed by atoms with Gasteiger partial charge in [-0.3, -0.25) is 4.68 Å². The van der Waals surface area contributed by atoms with Gasteiger partial charge in [-0.25, -0.2) is 0 Å². The van der Waals surface area contributed by atoms with Crippen LogP contribution in [0.2, 0.25) is 0 Å². The van der Waals surface area contributed by atoms with Crippen LogP contribution in [0.15, 0.2) is 18.2 Å². The highest BCUT2D eigenvalue weighted by molar-refractivity contribution is 5.72. The molecular formula is C16H23N3. The molecule has 0 aliphatic heterocycles. The average Bonchev–Trinajstić information content (AvgIpc) is 2.65. The first kappa shape index (κ1) is 13.8. The lowest BCUT2D eigenvalue weighted by Gasteiger charge is -2.09. The zero-order chi connectivity index (χ0) is 14.0. The number of benzene rings is 1. The summed E-state index contributed by atoms with van der Waals surface area (Å²) in [7, 11) is 1.97. The van der Waals surface area contributed by atoms with Crippen LogP contribution < -0.4 is 5.32 Å². The average molecular weight is 257 g/mol. The molecule has 2 aromatic rings. The van der Waals surface area contributed by atoms with E-state index in [1.807, 2.05) is 7.05 Å². The minimum absolute atomic E-state index is 0.911. The minimum Gasteiger partial charge on any atom is -0.318 e. The Morgan fingerprint density at radius 1 is 1.16 bits per heavy atom. The van der Waals surface area contributed by atoms with Gasteiger partial charge >= 0.3 is 0 Å². The van der Waals surface area contributed by atoms with Crippen LogP contribution in [0.4, 0.5) is 0 Å². The number of nitrogens with one attached hydrogen (secondary N) is 1. The van der Waals surface area contributed by atoms with Gasteiger partial charge in [-0.1, -0.05) is 23.8 Å². The maximum atomic E-state index is 4.67. The SMILES string of the molecule is CNCCn1nc(C)c(-c2cc(C)ccc2C)c1C. The van der Waals surface area contributed by atoms with Gasteiger partial charge in [-0.05, 0) is 45.9 Å². The van der Waals surface area contributed by atoms with E-state index in [0.29, 0.717) is 0 Å². The minimum atomic E-state index is 0.911. The molecule has 3 heteroatoms. The Labute approximate surface area is 115 Å². The quantitative estimate of drug-likeness (QED) is 0.912. The van der Waals surface area contributed by atoms with Gasteiger partial charge in [0.15, 0.2) is 0 Å². The number of likely N-dealkylation sites (N-methyl/N-ethyl adjacent to an activating group) is 1. The van der Waals surface area contributed by atoms with E-state index in [2.05, 4.69) is 61.0 Å². The van der Waals surface area contributed by atoms with Crippen LogP contribution in [-0.4, -0.2) is 23.4 Å². The molecule has 0 saturated carbocycles. The monoisotopic (exact) mass is 257 g/mol. The Morgan fingerprint density at radius 3 is 2.58 bits per heavy atom. The number of aromatic nitrogens is 2. The van der Waals surface area contributed by atoms with E-state index < -0.39 is 0 Å². The second-order valence-corrected chi connectivity index (χ2v) is 5.19. The first-order chi connectivity index (χ1) is 9.04. The van der Waals surface area contributed by atoms with Gasteiger partial charge in [-0.2, -0.15) is 5.10 Å². The van der Waals surface area contributed by atoms with Crippen molar-refractivity contribution in [1.29, 1.82) is 0 Å². The molecule has 0 unspecified atom stereocenters.